The van der Waals surface area contributed by atoms with Crippen molar-refractivity contribution in [2.45, 2.75) is 39.7 Å². The van der Waals surface area contributed by atoms with Crippen molar-refractivity contribution in [2.24, 2.45) is 5.92 Å². The zero-order valence-corrected chi connectivity index (χ0v) is 10.7. The molecule has 4 heteroatoms. The molecule has 1 heterocycles. The van der Waals surface area contributed by atoms with Crippen molar-refractivity contribution in [1.82, 2.24) is 5.32 Å². The fraction of sp³-hybridized carbons (Fsp3) is 0.615. The van der Waals surface area contributed by atoms with Gasteiger partial charge in [-0.25, -0.2) is 0 Å². The molecule has 96 valence electrons. The first-order chi connectivity index (χ1) is 8.08. The van der Waals surface area contributed by atoms with E-state index in [1.165, 1.54) is 0 Å². The Morgan fingerprint density at radius 2 is 2.18 bits per heavy atom. The fourth-order valence-electron chi connectivity index (χ4n) is 1.45. The zero-order chi connectivity index (χ0) is 12.8. The highest BCUT2D eigenvalue weighted by atomic mass is 16.3. The van der Waals surface area contributed by atoms with Crippen molar-refractivity contribution in [2.75, 3.05) is 6.54 Å². The number of aliphatic hydroxyl groups excluding tert-OH is 1. The van der Waals surface area contributed by atoms with E-state index in [1.807, 2.05) is 20.8 Å². The Labute approximate surface area is 102 Å². The van der Waals surface area contributed by atoms with Gasteiger partial charge >= 0.3 is 0 Å². The molecule has 0 aliphatic rings. The van der Waals surface area contributed by atoms with Crippen molar-refractivity contribution < 1.29 is 14.3 Å². The number of hydrogen-bond donors (Lipinski definition) is 2. The second-order valence-electron chi connectivity index (χ2n) is 4.28. The molecule has 0 aliphatic carbocycles. The molecule has 1 aromatic heterocycles. The summed E-state index contributed by atoms with van der Waals surface area (Å²) in [7, 11) is 0. The molecule has 1 rings (SSSR count). The Balaban J connectivity index is 2.44. The molecule has 0 saturated carbocycles. The highest BCUT2D eigenvalue weighted by Crippen LogP contribution is 2.09. The van der Waals surface area contributed by atoms with Crippen molar-refractivity contribution in [3.8, 4) is 0 Å². The van der Waals surface area contributed by atoms with Crippen molar-refractivity contribution in [3.05, 3.63) is 23.7 Å². The third-order valence-corrected chi connectivity index (χ3v) is 3.01. The van der Waals surface area contributed by atoms with Crippen molar-refractivity contribution in [3.63, 3.8) is 0 Å². The molecule has 0 radical (unpaired) electrons. The van der Waals surface area contributed by atoms with Crippen LogP contribution in [-0.4, -0.2) is 23.7 Å². The SMILES string of the molecule is CCc1ccc(C(=O)NCC(O)C(C)CC)o1. The number of rotatable bonds is 6. The summed E-state index contributed by atoms with van der Waals surface area (Å²) in [6.07, 6.45) is 1.14. The fourth-order valence-corrected chi connectivity index (χ4v) is 1.45. The van der Waals surface area contributed by atoms with Crippen LogP contribution in [-0.2, 0) is 6.42 Å². The first kappa shape index (κ1) is 13.8. The molecule has 2 atom stereocenters. The monoisotopic (exact) mass is 239 g/mol. The van der Waals surface area contributed by atoms with Crippen LogP contribution in [0.3, 0.4) is 0 Å². The second kappa shape index (κ2) is 6.45. The first-order valence-corrected chi connectivity index (χ1v) is 6.13. The summed E-state index contributed by atoms with van der Waals surface area (Å²) < 4.78 is 5.32. The molecule has 0 bridgehead atoms. The Bertz CT molecular complexity index is 359. The average Bonchev–Trinajstić information content (AvgIpc) is 2.83. The molecule has 1 aromatic rings. The predicted octanol–water partition coefficient (Wildman–Crippen LogP) is 1.98. The minimum atomic E-state index is -0.510. The van der Waals surface area contributed by atoms with E-state index in [9.17, 15) is 9.90 Å². The molecule has 0 saturated heterocycles. The maximum absolute atomic E-state index is 11.7. The molecule has 0 aliphatic heterocycles. The summed E-state index contributed by atoms with van der Waals surface area (Å²) in [6, 6.07) is 3.45. The van der Waals surface area contributed by atoms with E-state index >= 15 is 0 Å². The molecule has 1 amide bonds. The number of aliphatic hydroxyl groups is 1. The lowest BCUT2D eigenvalue weighted by molar-refractivity contribution is 0.0826. The lowest BCUT2D eigenvalue weighted by Gasteiger charge is -2.17. The Kier molecular flexibility index (Phi) is 5.22. The largest absolute Gasteiger partial charge is 0.456 e. The van der Waals surface area contributed by atoms with Crippen LogP contribution in [0.15, 0.2) is 16.5 Å². The minimum Gasteiger partial charge on any atom is -0.456 e. The number of hydrogen-bond acceptors (Lipinski definition) is 3. The Hall–Kier alpha value is -1.29. The van der Waals surface area contributed by atoms with Gasteiger partial charge in [0.1, 0.15) is 5.76 Å². The van der Waals surface area contributed by atoms with E-state index in [1.54, 1.807) is 12.1 Å². The third-order valence-electron chi connectivity index (χ3n) is 3.01. The van der Waals surface area contributed by atoms with E-state index in [-0.39, 0.29) is 18.4 Å². The summed E-state index contributed by atoms with van der Waals surface area (Å²) in [5, 5.41) is 12.4. The maximum atomic E-state index is 11.7. The molecular weight excluding hydrogens is 218 g/mol. The standard InChI is InChI=1S/C13H21NO3/c1-4-9(3)11(15)8-14-13(16)12-7-6-10(5-2)17-12/h6-7,9,11,15H,4-5,8H2,1-3H3,(H,14,16). The van der Waals surface area contributed by atoms with Gasteiger partial charge in [0, 0.05) is 13.0 Å². The van der Waals surface area contributed by atoms with Crippen LogP contribution in [0.4, 0.5) is 0 Å². The normalized spacial score (nSPS) is 14.4. The summed E-state index contributed by atoms with van der Waals surface area (Å²) in [6.45, 7) is 6.19. The Morgan fingerprint density at radius 3 is 2.71 bits per heavy atom. The Morgan fingerprint density at radius 1 is 1.47 bits per heavy atom. The van der Waals surface area contributed by atoms with E-state index in [0.29, 0.717) is 5.76 Å². The van der Waals surface area contributed by atoms with Gasteiger partial charge in [0.2, 0.25) is 0 Å². The summed E-state index contributed by atoms with van der Waals surface area (Å²) in [5.74, 6) is 1.00. The van der Waals surface area contributed by atoms with Crippen molar-refractivity contribution in [1.29, 1.82) is 0 Å². The van der Waals surface area contributed by atoms with Crippen LogP contribution in [0, 0.1) is 5.92 Å². The van der Waals surface area contributed by atoms with Crippen LogP contribution in [0.1, 0.15) is 43.5 Å². The van der Waals surface area contributed by atoms with Gasteiger partial charge in [-0.1, -0.05) is 27.2 Å². The van der Waals surface area contributed by atoms with Crippen LogP contribution in [0.5, 0.6) is 0 Å². The van der Waals surface area contributed by atoms with Crippen LogP contribution < -0.4 is 5.32 Å². The van der Waals surface area contributed by atoms with Gasteiger partial charge in [0.15, 0.2) is 5.76 Å². The van der Waals surface area contributed by atoms with Gasteiger partial charge in [-0.15, -0.1) is 0 Å². The topological polar surface area (TPSA) is 62.5 Å². The molecule has 2 N–H and O–H groups in total. The van der Waals surface area contributed by atoms with Gasteiger partial charge in [-0.05, 0) is 18.1 Å². The first-order valence-electron chi connectivity index (χ1n) is 6.13. The highest BCUT2D eigenvalue weighted by Gasteiger charge is 2.15. The zero-order valence-electron chi connectivity index (χ0n) is 10.7. The van der Waals surface area contributed by atoms with E-state index in [4.69, 9.17) is 4.42 Å². The molecule has 0 fully saturated rings. The molecule has 0 aromatic carbocycles. The predicted molar refractivity (Wildman–Crippen MR) is 65.9 cm³/mol. The summed E-state index contributed by atoms with van der Waals surface area (Å²) in [5.41, 5.74) is 0. The number of carbonyl (C=O) groups excluding carboxylic acids is 1. The van der Waals surface area contributed by atoms with Gasteiger partial charge in [0.05, 0.1) is 6.10 Å². The van der Waals surface area contributed by atoms with Crippen LogP contribution >= 0.6 is 0 Å². The van der Waals surface area contributed by atoms with Crippen LogP contribution in [0.2, 0.25) is 0 Å². The number of amides is 1. The molecule has 0 spiro atoms. The lowest BCUT2D eigenvalue weighted by Crippen LogP contribution is -2.35. The van der Waals surface area contributed by atoms with Crippen LogP contribution in [0.25, 0.3) is 0 Å². The van der Waals surface area contributed by atoms with Gasteiger partial charge < -0.3 is 14.8 Å². The van der Waals surface area contributed by atoms with E-state index in [0.717, 1.165) is 18.6 Å². The molecular formula is C13H21NO3. The van der Waals surface area contributed by atoms with Gasteiger partial charge in [-0.2, -0.15) is 0 Å². The molecule has 17 heavy (non-hydrogen) atoms. The summed E-state index contributed by atoms with van der Waals surface area (Å²) in [4.78, 5) is 11.7. The van der Waals surface area contributed by atoms with Gasteiger partial charge in [0.25, 0.3) is 5.91 Å². The quantitative estimate of drug-likeness (QED) is 0.798. The maximum Gasteiger partial charge on any atom is 0.287 e. The second-order valence-corrected chi connectivity index (χ2v) is 4.28. The molecule has 4 nitrogen and oxygen atoms in total. The number of furan rings is 1. The van der Waals surface area contributed by atoms with E-state index in [2.05, 4.69) is 5.32 Å². The highest BCUT2D eigenvalue weighted by molar-refractivity contribution is 5.91. The lowest BCUT2D eigenvalue weighted by atomic mass is 10.0. The number of carbonyl (C=O) groups is 1. The van der Waals surface area contributed by atoms with Gasteiger partial charge in [-0.3, -0.25) is 4.79 Å². The van der Waals surface area contributed by atoms with E-state index < -0.39 is 6.10 Å². The summed E-state index contributed by atoms with van der Waals surface area (Å²) >= 11 is 0. The minimum absolute atomic E-state index is 0.179. The third kappa shape index (κ3) is 3.89. The molecule has 2 unspecified atom stereocenters. The smallest absolute Gasteiger partial charge is 0.287 e. The number of aryl methyl sites for hydroxylation is 1. The average molecular weight is 239 g/mol. The van der Waals surface area contributed by atoms with Crippen molar-refractivity contribution >= 4 is 5.91 Å². The number of nitrogens with one attached hydrogen (secondary N) is 1.